The number of hydrogen-bond donors (Lipinski definition) is 0. The number of hydrogen-bond acceptors (Lipinski definition) is 4. The van der Waals surface area contributed by atoms with Crippen LogP contribution < -0.4 is 5.69 Å². The van der Waals surface area contributed by atoms with E-state index in [9.17, 15) is 9.59 Å². The van der Waals surface area contributed by atoms with Gasteiger partial charge in [-0.2, -0.15) is 4.98 Å². The fourth-order valence-corrected chi connectivity index (χ4v) is 2.25. The first-order chi connectivity index (χ1) is 10.0. The van der Waals surface area contributed by atoms with Crippen LogP contribution in [0.15, 0.2) is 35.1 Å². The van der Waals surface area contributed by atoms with E-state index >= 15 is 0 Å². The summed E-state index contributed by atoms with van der Waals surface area (Å²) < 4.78 is 6.30. The molecular weight excluding hydrogens is 268 g/mol. The SMILES string of the molecule is COC(=O)Cc1ccccc1Cn1c(C)cc(C)nc1=O. The summed E-state index contributed by atoms with van der Waals surface area (Å²) in [6.07, 6.45) is 0.194. The average Bonchev–Trinajstić information content (AvgIpc) is 2.44. The molecule has 21 heavy (non-hydrogen) atoms. The molecule has 0 aliphatic carbocycles. The van der Waals surface area contributed by atoms with Gasteiger partial charge in [0, 0.05) is 11.4 Å². The predicted octanol–water partition coefficient (Wildman–Crippen LogP) is 1.62. The predicted molar refractivity (Wildman–Crippen MR) is 79.2 cm³/mol. The quantitative estimate of drug-likeness (QED) is 0.801. The summed E-state index contributed by atoms with van der Waals surface area (Å²) in [4.78, 5) is 27.4. The van der Waals surface area contributed by atoms with Gasteiger partial charge in [-0.15, -0.1) is 0 Å². The molecule has 0 N–H and O–H groups in total. The van der Waals surface area contributed by atoms with E-state index in [4.69, 9.17) is 4.74 Å². The number of rotatable bonds is 4. The Balaban J connectivity index is 2.36. The van der Waals surface area contributed by atoms with E-state index in [0.29, 0.717) is 12.2 Å². The first-order valence-electron chi connectivity index (χ1n) is 6.70. The molecule has 0 saturated carbocycles. The van der Waals surface area contributed by atoms with Crippen molar-refractivity contribution in [3.8, 4) is 0 Å². The molecule has 0 fully saturated rings. The van der Waals surface area contributed by atoms with Crippen LogP contribution in [0.4, 0.5) is 0 Å². The van der Waals surface area contributed by atoms with Crippen LogP contribution in [-0.2, 0) is 22.5 Å². The number of carbonyl (C=O) groups excluding carboxylic acids is 1. The molecule has 0 radical (unpaired) electrons. The lowest BCUT2D eigenvalue weighted by molar-refractivity contribution is -0.139. The van der Waals surface area contributed by atoms with Gasteiger partial charge in [-0.1, -0.05) is 24.3 Å². The smallest absolute Gasteiger partial charge is 0.348 e. The van der Waals surface area contributed by atoms with E-state index in [0.717, 1.165) is 16.8 Å². The summed E-state index contributed by atoms with van der Waals surface area (Å²) in [7, 11) is 1.36. The van der Waals surface area contributed by atoms with Crippen LogP contribution in [0.1, 0.15) is 22.5 Å². The normalized spacial score (nSPS) is 10.4. The second-order valence-electron chi connectivity index (χ2n) is 4.93. The Labute approximate surface area is 123 Å². The molecule has 0 amide bonds. The number of nitrogens with zero attached hydrogens (tertiary/aromatic N) is 2. The standard InChI is InChI=1S/C16H18N2O3/c1-11-8-12(2)18(16(20)17-11)10-14-7-5-4-6-13(14)9-15(19)21-3/h4-8H,9-10H2,1-3H3. The summed E-state index contributed by atoms with van der Waals surface area (Å²) in [5.41, 5.74) is 3.05. The van der Waals surface area contributed by atoms with Crippen LogP contribution in [0.5, 0.6) is 0 Å². The zero-order valence-electron chi connectivity index (χ0n) is 12.4. The maximum Gasteiger partial charge on any atom is 0.348 e. The third-order valence-electron chi connectivity index (χ3n) is 3.36. The Morgan fingerprint density at radius 2 is 1.90 bits per heavy atom. The van der Waals surface area contributed by atoms with Crippen molar-refractivity contribution in [3.05, 3.63) is 63.3 Å². The van der Waals surface area contributed by atoms with E-state index in [2.05, 4.69) is 4.98 Å². The van der Waals surface area contributed by atoms with E-state index < -0.39 is 0 Å². The third-order valence-corrected chi connectivity index (χ3v) is 3.36. The van der Waals surface area contributed by atoms with Crippen molar-refractivity contribution in [3.63, 3.8) is 0 Å². The summed E-state index contributed by atoms with van der Waals surface area (Å²) >= 11 is 0. The number of aromatic nitrogens is 2. The van der Waals surface area contributed by atoms with Gasteiger partial charge in [0.05, 0.1) is 20.1 Å². The van der Waals surface area contributed by atoms with E-state index in [1.165, 1.54) is 7.11 Å². The van der Waals surface area contributed by atoms with Gasteiger partial charge in [0.1, 0.15) is 0 Å². The first-order valence-corrected chi connectivity index (χ1v) is 6.70. The van der Waals surface area contributed by atoms with Crippen LogP contribution in [0, 0.1) is 13.8 Å². The summed E-state index contributed by atoms with van der Waals surface area (Å²) in [5, 5.41) is 0. The molecule has 0 aliphatic rings. The third kappa shape index (κ3) is 3.56. The summed E-state index contributed by atoms with van der Waals surface area (Å²) in [5.74, 6) is -0.298. The van der Waals surface area contributed by atoms with E-state index in [1.807, 2.05) is 37.3 Å². The van der Waals surface area contributed by atoms with E-state index in [1.54, 1.807) is 11.5 Å². The minimum atomic E-state index is -0.298. The second kappa shape index (κ2) is 6.35. The molecule has 5 nitrogen and oxygen atoms in total. The minimum absolute atomic E-state index is 0.194. The van der Waals surface area contributed by atoms with Crippen LogP contribution in [-0.4, -0.2) is 22.6 Å². The molecule has 0 bridgehead atoms. The Bertz CT molecular complexity index is 720. The summed E-state index contributed by atoms with van der Waals surface area (Å²) in [6, 6.07) is 9.39. The Morgan fingerprint density at radius 1 is 1.24 bits per heavy atom. The zero-order chi connectivity index (χ0) is 15.4. The van der Waals surface area contributed by atoms with Gasteiger partial charge in [-0.05, 0) is 31.0 Å². The Kier molecular flexibility index (Phi) is 4.52. The molecule has 1 heterocycles. The Morgan fingerprint density at radius 3 is 2.52 bits per heavy atom. The zero-order valence-corrected chi connectivity index (χ0v) is 12.4. The highest BCUT2D eigenvalue weighted by atomic mass is 16.5. The highest BCUT2D eigenvalue weighted by Crippen LogP contribution is 2.12. The number of ether oxygens (including phenoxy) is 1. The molecule has 1 aromatic carbocycles. The van der Waals surface area contributed by atoms with Crippen molar-refractivity contribution in [2.24, 2.45) is 0 Å². The molecule has 0 spiro atoms. The van der Waals surface area contributed by atoms with Gasteiger partial charge >= 0.3 is 11.7 Å². The monoisotopic (exact) mass is 286 g/mol. The second-order valence-corrected chi connectivity index (χ2v) is 4.93. The topological polar surface area (TPSA) is 61.2 Å². The van der Waals surface area contributed by atoms with Gasteiger partial charge in [0.15, 0.2) is 0 Å². The van der Waals surface area contributed by atoms with Crippen molar-refractivity contribution in [2.45, 2.75) is 26.8 Å². The maximum absolute atomic E-state index is 12.0. The van der Waals surface area contributed by atoms with Crippen LogP contribution in [0.2, 0.25) is 0 Å². The number of benzene rings is 1. The fraction of sp³-hybridized carbons (Fsp3) is 0.312. The molecular formula is C16H18N2O3. The number of esters is 1. The van der Waals surface area contributed by atoms with Crippen LogP contribution in [0.25, 0.3) is 0 Å². The molecule has 2 rings (SSSR count). The van der Waals surface area contributed by atoms with Gasteiger partial charge in [-0.3, -0.25) is 9.36 Å². The summed E-state index contributed by atoms with van der Waals surface area (Å²) in [6.45, 7) is 4.06. The fourth-order valence-electron chi connectivity index (χ4n) is 2.25. The Hall–Kier alpha value is -2.43. The van der Waals surface area contributed by atoms with Crippen LogP contribution in [0.3, 0.4) is 0 Å². The molecule has 110 valence electrons. The minimum Gasteiger partial charge on any atom is -0.469 e. The van der Waals surface area contributed by atoms with Gasteiger partial charge in [0.2, 0.25) is 0 Å². The highest BCUT2D eigenvalue weighted by molar-refractivity contribution is 5.72. The molecule has 1 aromatic heterocycles. The number of aryl methyl sites for hydroxylation is 2. The van der Waals surface area contributed by atoms with Crippen molar-refractivity contribution in [2.75, 3.05) is 7.11 Å². The number of carbonyl (C=O) groups is 1. The highest BCUT2D eigenvalue weighted by Gasteiger charge is 2.10. The molecule has 2 aromatic rings. The molecule has 5 heteroatoms. The molecule has 0 atom stereocenters. The lowest BCUT2D eigenvalue weighted by Gasteiger charge is -2.13. The van der Waals surface area contributed by atoms with Gasteiger partial charge < -0.3 is 4.74 Å². The largest absolute Gasteiger partial charge is 0.469 e. The van der Waals surface area contributed by atoms with Crippen LogP contribution >= 0.6 is 0 Å². The van der Waals surface area contributed by atoms with Crippen molar-refractivity contribution in [1.82, 2.24) is 9.55 Å². The van der Waals surface area contributed by atoms with Crippen molar-refractivity contribution >= 4 is 5.97 Å². The number of methoxy groups -OCH3 is 1. The van der Waals surface area contributed by atoms with E-state index in [-0.39, 0.29) is 18.1 Å². The molecule has 0 saturated heterocycles. The maximum atomic E-state index is 12.0. The average molecular weight is 286 g/mol. The van der Waals surface area contributed by atoms with Crippen molar-refractivity contribution in [1.29, 1.82) is 0 Å². The molecule has 0 aliphatic heterocycles. The van der Waals surface area contributed by atoms with Crippen molar-refractivity contribution < 1.29 is 9.53 Å². The van der Waals surface area contributed by atoms with Gasteiger partial charge in [-0.25, -0.2) is 4.79 Å². The van der Waals surface area contributed by atoms with Gasteiger partial charge in [0.25, 0.3) is 0 Å². The lowest BCUT2D eigenvalue weighted by Crippen LogP contribution is -2.26. The lowest BCUT2D eigenvalue weighted by atomic mass is 10.0. The molecule has 0 unspecified atom stereocenters. The first kappa shape index (κ1) is 15.0.